The van der Waals surface area contributed by atoms with Crippen LogP contribution in [0.3, 0.4) is 0 Å². The first-order valence-electron chi connectivity index (χ1n) is 8.61. The van der Waals surface area contributed by atoms with Crippen molar-refractivity contribution in [2.24, 2.45) is 0 Å². The first kappa shape index (κ1) is 19.6. The molecule has 2 aromatic carbocycles. The summed E-state index contributed by atoms with van der Waals surface area (Å²) in [7, 11) is 0. The van der Waals surface area contributed by atoms with E-state index in [2.05, 4.69) is 6.07 Å². The topological polar surface area (TPSA) is 72.1 Å². The van der Waals surface area contributed by atoms with Gasteiger partial charge in [0.1, 0.15) is 5.82 Å². The van der Waals surface area contributed by atoms with Crippen LogP contribution in [0.2, 0.25) is 0 Å². The molecule has 142 valence electrons. The number of hydrogen-bond acceptors (Lipinski definition) is 5. The molecule has 0 N–H and O–H groups in total. The lowest BCUT2D eigenvalue weighted by molar-refractivity contribution is -0.139. The Morgan fingerprint density at radius 1 is 1.14 bits per heavy atom. The van der Waals surface area contributed by atoms with Crippen LogP contribution in [0.1, 0.15) is 16.8 Å². The summed E-state index contributed by atoms with van der Waals surface area (Å²) in [5, 5.41) is 9.55. The molecule has 1 aromatic heterocycles. The van der Waals surface area contributed by atoms with Crippen molar-refractivity contribution in [2.75, 3.05) is 12.4 Å². The highest BCUT2D eigenvalue weighted by atomic mass is 32.2. The van der Waals surface area contributed by atoms with Crippen molar-refractivity contribution in [3.63, 3.8) is 0 Å². The molecule has 3 rings (SSSR count). The van der Waals surface area contributed by atoms with Crippen LogP contribution < -0.4 is 0 Å². The zero-order chi connectivity index (χ0) is 19.9. The molecule has 0 amide bonds. The number of fused-ring (bicyclic) bond motifs is 1. The first-order valence-corrected chi connectivity index (χ1v) is 9.59. The van der Waals surface area contributed by atoms with Crippen molar-refractivity contribution in [1.82, 2.24) is 4.57 Å². The van der Waals surface area contributed by atoms with E-state index in [0.29, 0.717) is 23.4 Å². The number of thioether (sulfide) groups is 1. The van der Waals surface area contributed by atoms with Gasteiger partial charge in [-0.1, -0.05) is 30.3 Å². The zero-order valence-corrected chi connectivity index (χ0v) is 15.7. The van der Waals surface area contributed by atoms with E-state index in [1.54, 1.807) is 24.4 Å². The van der Waals surface area contributed by atoms with Gasteiger partial charge >= 0.3 is 5.97 Å². The summed E-state index contributed by atoms with van der Waals surface area (Å²) in [4.78, 5) is 24.8. The Labute approximate surface area is 165 Å². The van der Waals surface area contributed by atoms with E-state index in [9.17, 15) is 14.0 Å². The standard InChI is InChI=1S/C21H17FN2O3S/c22-17-7-2-4-9-20(17)28-14-21(26)27-13-19(25)16-12-24(11-5-10-23)18-8-3-1-6-15(16)18/h1-4,6-9,12H,5,11,13-14H2. The maximum absolute atomic E-state index is 13.6. The molecule has 7 heteroatoms. The van der Waals surface area contributed by atoms with E-state index in [1.807, 2.05) is 28.8 Å². The van der Waals surface area contributed by atoms with Gasteiger partial charge in [0.25, 0.3) is 0 Å². The second kappa shape index (κ2) is 9.20. The van der Waals surface area contributed by atoms with Crippen molar-refractivity contribution >= 4 is 34.4 Å². The Bertz CT molecular complexity index is 1060. The lowest BCUT2D eigenvalue weighted by atomic mass is 10.1. The number of Topliss-reactive ketones (excluding diaryl/α,β-unsaturated/α-hetero) is 1. The first-order chi connectivity index (χ1) is 13.6. The Hall–Kier alpha value is -3.11. The molecule has 0 unspecified atom stereocenters. The van der Waals surface area contributed by atoms with Gasteiger partial charge in [0.05, 0.1) is 18.2 Å². The predicted octanol–water partition coefficient (Wildman–Crippen LogP) is 4.21. The fourth-order valence-corrected chi connectivity index (χ4v) is 3.53. The third kappa shape index (κ3) is 4.59. The summed E-state index contributed by atoms with van der Waals surface area (Å²) in [6.45, 7) is 0.0896. The highest BCUT2D eigenvalue weighted by molar-refractivity contribution is 8.00. The van der Waals surface area contributed by atoms with E-state index in [4.69, 9.17) is 10.00 Å². The molecule has 0 saturated carbocycles. The SMILES string of the molecule is N#CCCn1cc(C(=O)COC(=O)CSc2ccccc2F)c2ccccc21. The second-order valence-corrected chi connectivity index (χ2v) is 6.98. The number of hydrogen-bond donors (Lipinski definition) is 0. The number of rotatable bonds is 8. The number of carbonyl (C=O) groups is 2. The van der Waals surface area contributed by atoms with Crippen LogP contribution in [-0.2, 0) is 16.1 Å². The summed E-state index contributed by atoms with van der Waals surface area (Å²) < 4.78 is 20.5. The molecule has 0 bridgehead atoms. The molecule has 1 heterocycles. The van der Waals surface area contributed by atoms with E-state index < -0.39 is 11.8 Å². The number of carbonyl (C=O) groups excluding carboxylic acids is 2. The molecule has 0 spiro atoms. The molecule has 0 radical (unpaired) electrons. The van der Waals surface area contributed by atoms with Crippen molar-refractivity contribution in [3.8, 4) is 6.07 Å². The molecule has 0 atom stereocenters. The van der Waals surface area contributed by atoms with Gasteiger partial charge in [0, 0.05) is 34.1 Å². The largest absolute Gasteiger partial charge is 0.457 e. The molecule has 0 saturated heterocycles. The van der Waals surface area contributed by atoms with Crippen LogP contribution in [-0.4, -0.2) is 28.7 Å². The molecule has 0 fully saturated rings. The van der Waals surface area contributed by atoms with Crippen molar-refractivity contribution in [1.29, 1.82) is 5.26 Å². The van der Waals surface area contributed by atoms with E-state index >= 15 is 0 Å². The van der Waals surface area contributed by atoms with E-state index in [0.717, 1.165) is 22.7 Å². The van der Waals surface area contributed by atoms with Gasteiger partial charge < -0.3 is 9.30 Å². The van der Waals surface area contributed by atoms with Crippen molar-refractivity contribution < 1.29 is 18.7 Å². The Kier molecular flexibility index (Phi) is 6.45. The number of aryl methyl sites for hydroxylation is 1. The molecule has 0 aliphatic rings. The van der Waals surface area contributed by atoms with Crippen LogP contribution in [0, 0.1) is 17.1 Å². The van der Waals surface area contributed by atoms with Crippen LogP contribution in [0.15, 0.2) is 59.6 Å². The molecular weight excluding hydrogens is 379 g/mol. The Morgan fingerprint density at radius 3 is 2.68 bits per heavy atom. The van der Waals surface area contributed by atoms with Gasteiger partial charge in [0.15, 0.2) is 6.61 Å². The smallest absolute Gasteiger partial charge is 0.316 e. The molecule has 0 aliphatic heterocycles. The minimum Gasteiger partial charge on any atom is -0.457 e. The van der Waals surface area contributed by atoms with Gasteiger partial charge in [-0.05, 0) is 18.2 Å². The van der Waals surface area contributed by atoms with Gasteiger partial charge in [-0.2, -0.15) is 5.26 Å². The fraction of sp³-hybridized carbons (Fsp3) is 0.190. The Balaban J connectivity index is 1.62. The minimum atomic E-state index is -0.588. The van der Waals surface area contributed by atoms with Crippen LogP contribution in [0.5, 0.6) is 0 Å². The van der Waals surface area contributed by atoms with Gasteiger partial charge in [-0.3, -0.25) is 9.59 Å². The third-order valence-electron chi connectivity index (χ3n) is 4.10. The lowest BCUT2D eigenvalue weighted by Gasteiger charge is -2.05. The van der Waals surface area contributed by atoms with Gasteiger partial charge in [-0.15, -0.1) is 11.8 Å². The highest BCUT2D eigenvalue weighted by Gasteiger charge is 2.17. The average molecular weight is 396 g/mol. The van der Waals surface area contributed by atoms with Gasteiger partial charge in [-0.25, -0.2) is 4.39 Å². The summed E-state index contributed by atoms with van der Waals surface area (Å²) in [5.74, 6) is -1.40. The minimum absolute atomic E-state index is 0.0852. The van der Waals surface area contributed by atoms with E-state index in [-0.39, 0.29) is 18.1 Å². The number of ether oxygens (including phenoxy) is 1. The summed E-state index contributed by atoms with van der Waals surface area (Å²) in [6, 6.07) is 15.6. The quantitative estimate of drug-likeness (QED) is 0.324. The number of esters is 1. The number of benzene rings is 2. The Morgan fingerprint density at radius 2 is 1.89 bits per heavy atom. The fourth-order valence-electron chi connectivity index (χ4n) is 2.79. The van der Waals surface area contributed by atoms with Gasteiger partial charge in [0.2, 0.25) is 5.78 Å². The summed E-state index contributed by atoms with van der Waals surface area (Å²) in [5.41, 5.74) is 1.30. The number of ketones is 1. The number of para-hydroxylation sites is 1. The normalized spacial score (nSPS) is 10.6. The second-order valence-electron chi connectivity index (χ2n) is 5.96. The number of aromatic nitrogens is 1. The zero-order valence-electron chi connectivity index (χ0n) is 14.9. The molecule has 28 heavy (non-hydrogen) atoms. The number of halogens is 1. The molecule has 0 aliphatic carbocycles. The molecular formula is C21H17FN2O3S. The maximum Gasteiger partial charge on any atom is 0.316 e. The van der Waals surface area contributed by atoms with Crippen LogP contribution in [0.4, 0.5) is 4.39 Å². The third-order valence-corrected chi connectivity index (χ3v) is 5.12. The average Bonchev–Trinajstić information content (AvgIpc) is 3.08. The van der Waals surface area contributed by atoms with Crippen LogP contribution in [0.25, 0.3) is 10.9 Å². The number of nitriles is 1. The highest BCUT2D eigenvalue weighted by Crippen LogP contribution is 2.23. The molecule has 5 nitrogen and oxygen atoms in total. The van der Waals surface area contributed by atoms with E-state index in [1.165, 1.54) is 6.07 Å². The monoisotopic (exact) mass is 396 g/mol. The maximum atomic E-state index is 13.6. The summed E-state index contributed by atoms with van der Waals surface area (Å²) >= 11 is 1.02. The van der Waals surface area contributed by atoms with Crippen molar-refractivity contribution in [3.05, 3.63) is 66.1 Å². The van der Waals surface area contributed by atoms with Crippen LogP contribution >= 0.6 is 11.8 Å². The lowest BCUT2D eigenvalue weighted by Crippen LogP contribution is -2.15. The summed E-state index contributed by atoms with van der Waals surface area (Å²) in [6.07, 6.45) is 2.01. The number of nitrogens with zero attached hydrogens (tertiary/aromatic N) is 2. The van der Waals surface area contributed by atoms with Crippen molar-refractivity contribution in [2.45, 2.75) is 17.9 Å². The molecule has 3 aromatic rings. The predicted molar refractivity (Wildman–Crippen MR) is 105 cm³/mol.